The van der Waals surface area contributed by atoms with E-state index in [-0.39, 0.29) is 6.03 Å². The van der Waals surface area contributed by atoms with E-state index in [0.29, 0.717) is 21.8 Å². The molecule has 0 aliphatic heterocycles. The summed E-state index contributed by atoms with van der Waals surface area (Å²) in [5, 5.41) is 6.66. The Balaban J connectivity index is 1.61. The molecule has 1 aliphatic carbocycles. The number of hydrogen-bond donors (Lipinski definition) is 2. The number of rotatable bonds is 3. The van der Waals surface area contributed by atoms with Gasteiger partial charge >= 0.3 is 6.03 Å². The molecule has 19 heavy (non-hydrogen) atoms. The highest BCUT2D eigenvalue weighted by Crippen LogP contribution is 2.43. The maximum atomic E-state index is 11.8. The van der Waals surface area contributed by atoms with Crippen LogP contribution < -0.4 is 10.6 Å². The van der Waals surface area contributed by atoms with Gasteiger partial charge in [0.15, 0.2) is 5.13 Å². The van der Waals surface area contributed by atoms with Crippen LogP contribution in [0.3, 0.4) is 0 Å². The van der Waals surface area contributed by atoms with Gasteiger partial charge in [-0.15, -0.1) is 11.3 Å². The average Bonchev–Trinajstić information content (AvgIpc) is 3.11. The third-order valence-electron chi connectivity index (χ3n) is 2.81. The van der Waals surface area contributed by atoms with Crippen molar-refractivity contribution in [1.82, 2.24) is 4.98 Å². The van der Waals surface area contributed by atoms with Gasteiger partial charge in [0, 0.05) is 21.8 Å². The number of nitrogens with one attached hydrogen (secondary N) is 2. The van der Waals surface area contributed by atoms with Crippen molar-refractivity contribution in [1.29, 1.82) is 0 Å². The third kappa shape index (κ3) is 3.24. The lowest BCUT2D eigenvalue weighted by molar-refractivity contribution is 0.262. The topological polar surface area (TPSA) is 54.0 Å². The van der Waals surface area contributed by atoms with E-state index in [1.165, 1.54) is 29.1 Å². The Morgan fingerprint density at radius 3 is 2.95 bits per heavy atom. The molecule has 1 aliphatic rings. The fourth-order valence-corrected chi connectivity index (χ4v) is 2.90. The van der Waals surface area contributed by atoms with Crippen molar-refractivity contribution in [2.45, 2.75) is 18.8 Å². The smallest absolute Gasteiger partial charge is 0.308 e. The van der Waals surface area contributed by atoms with Gasteiger partial charge in [-0.3, -0.25) is 5.32 Å². The Morgan fingerprint density at radius 2 is 2.21 bits per heavy atom. The number of amides is 2. The van der Waals surface area contributed by atoms with Crippen LogP contribution in [0.1, 0.15) is 23.6 Å². The molecule has 2 aromatic rings. The Bertz CT molecular complexity index is 609. The average molecular weight is 294 g/mol. The summed E-state index contributed by atoms with van der Waals surface area (Å²) in [4.78, 5) is 17.2. The zero-order valence-corrected chi connectivity index (χ0v) is 11.6. The second-order valence-electron chi connectivity index (χ2n) is 4.43. The van der Waals surface area contributed by atoms with E-state index in [2.05, 4.69) is 15.6 Å². The molecular weight excluding hydrogens is 282 g/mol. The van der Waals surface area contributed by atoms with E-state index in [0.717, 1.165) is 0 Å². The van der Waals surface area contributed by atoms with Gasteiger partial charge in [-0.1, -0.05) is 17.7 Å². The summed E-state index contributed by atoms with van der Waals surface area (Å²) in [6, 6.07) is 6.71. The number of benzene rings is 1. The molecule has 4 nitrogen and oxygen atoms in total. The first kappa shape index (κ1) is 12.4. The predicted molar refractivity (Wildman–Crippen MR) is 78.2 cm³/mol. The first-order valence-electron chi connectivity index (χ1n) is 6.00. The Hall–Kier alpha value is -1.59. The molecule has 1 saturated carbocycles. The molecule has 0 spiro atoms. The van der Waals surface area contributed by atoms with Crippen molar-refractivity contribution in [3.63, 3.8) is 0 Å². The first-order valence-corrected chi connectivity index (χ1v) is 7.19. The zero-order chi connectivity index (χ0) is 13.2. The first-order chi connectivity index (χ1) is 9.20. The monoisotopic (exact) mass is 293 g/mol. The number of anilines is 2. The number of hydrogen-bond acceptors (Lipinski definition) is 3. The third-order valence-corrected chi connectivity index (χ3v) is 4.12. The molecule has 0 bridgehead atoms. The Labute approximate surface area is 119 Å². The highest BCUT2D eigenvalue weighted by Gasteiger charge is 2.25. The molecule has 1 heterocycles. The maximum absolute atomic E-state index is 11.8. The van der Waals surface area contributed by atoms with Gasteiger partial charge in [0.05, 0.1) is 0 Å². The Morgan fingerprint density at radius 1 is 1.37 bits per heavy atom. The van der Waals surface area contributed by atoms with Crippen molar-refractivity contribution in [3.8, 4) is 0 Å². The number of urea groups is 1. The fraction of sp³-hybridized carbons (Fsp3) is 0.231. The molecule has 0 radical (unpaired) electrons. The SMILES string of the molecule is O=C(Nc1cccc(Cl)c1)Nc1ncc(C2CC2)s1. The summed E-state index contributed by atoms with van der Waals surface area (Å²) >= 11 is 7.39. The molecule has 1 aromatic carbocycles. The molecule has 0 saturated heterocycles. The van der Waals surface area contributed by atoms with Crippen LogP contribution in [0.4, 0.5) is 15.6 Å². The van der Waals surface area contributed by atoms with Gasteiger partial charge in [0.2, 0.25) is 0 Å². The van der Waals surface area contributed by atoms with Gasteiger partial charge in [-0.2, -0.15) is 0 Å². The zero-order valence-electron chi connectivity index (χ0n) is 10.0. The largest absolute Gasteiger partial charge is 0.325 e. The van der Waals surface area contributed by atoms with E-state index in [4.69, 9.17) is 11.6 Å². The highest BCUT2D eigenvalue weighted by molar-refractivity contribution is 7.15. The molecule has 98 valence electrons. The molecule has 3 rings (SSSR count). The van der Waals surface area contributed by atoms with Crippen LogP contribution in [-0.4, -0.2) is 11.0 Å². The molecule has 0 unspecified atom stereocenters. The summed E-state index contributed by atoms with van der Waals surface area (Å²) in [5.74, 6) is 0.657. The number of carbonyl (C=O) groups is 1. The number of nitrogens with zero attached hydrogens (tertiary/aromatic N) is 1. The lowest BCUT2D eigenvalue weighted by Gasteiger charge is -2.05. The lowest BCUT2D eigenvalue weighted by Crippen LogP contribution is -2.19. The van der Waals surface area contributed by atoms with Crippen LogP contribution in [0.25, 0.3) is 0 Å². The minimum Gasteiger partial charge on any atom is -0.308 e. The van der Waals surface area contributed by atoms with E-state index in [1.54, 1.807) is 24.3 Å². The van der Waals surface area contributed by atoms with E-state index in [9.17, 15) is 4.79 Å². The molecule has 0 atom stereocenters. The van der Waals surface area contributed by atoms with Gasteiger partial charge in [-0.25, -0.2) is 9.78 Å². The van der Waals surface area contributed by atoms with Crippen molar-refractivity contribution in [2.24, 2.45) is 0 Å². The number of carbonyl (C=O) groups excluding carboxylic acids is 1. The van der Waals surface area contributed by atoms with Crippen molar-refractivity contribution in [3.05, 3.63) is 40.4 Å². The summed E-state index contributed by atoms with van der Waals surface area (Å²) in [6.07, 6.45) is 4.31. The van der Waals surface area contributed by atoms with Gasteiger partial charge in [0.1, 0.15) is 0 Å². The summed E-state index contributed by atoms with van der Waals surface area (Å²) in [6.45, 7) is 0. The lowest BCUT2D eigenvalue weighted by atomic mass is 10.3. The van der Waals surface area contributed by atoms with Crippen LogP contribution in [-0.2, 0) is 0 Å². The van der Waals surface area contributed by atoms with Crippen LogP contribution >= 0.6 is 22.9 Å². The number of halogens is 1. The highest BCUT2D eigenvalue weighted by atomic mass is 35.5. The van der Waals surface area contributed by atoms with Crippen LogP contribution in [0.2, 0.25) is 5.02 Å². The minimum absolute atomic E-state index is 0.307. The second kappa shape index (κ2) is 5.19. The molecule has 2 amide bonds. The second-order valence-corrected chi connectivity index (χ2v) is 5.93. The van der Waals surface area contributed by atoms with Crippen molar-refractivity contribution in [2.75, 3.05) is 10.6 Å². The van der Waals surface area contributed by atoms with Crippen LogP contribution in [0, 0.1) is 0 Å². The summed E-state index contributed by atoms with van der Waals surface area (Å²) in [7, 11) is 0. The van der Waals surface area contributed by atoms with E-state index < -0.39 is 0 Å². The minimum atomic E-state index is -0.307. The van der Waals surface area contributed by atoms with E-state index >= 15 is 0 Å². The molecule has 1 fully saturated rings. The van der Waals surface area contributed by atoms with Crippen molar-refractivity contribution < 1.29 is 4.79 Å². The van der Waals surface area contributed by atoms with Crippen LogP contribution in [0.5, 0.6) is 0 Å². The summed E-state index contributed by atoms with van der Waals surface area (Å²) < 4.78 is 0. The number of thiazole rings is 1. The molecule has 2 N–H and O–H groups in total. The molecule has 1 aromatic heterocycles. The normalized spacial score (nSPS) is 14.2. The Kier molecular flexibility index (Phi) is 3.40. The molecular formula is C13H12ClN3OS. The van der Waals surface area contributed by atoms with E-state index in [1.807, 2.05) is 6.20 Å². The van der Waals surface area contributed by atoms with Gasteiger partial charge in [-0.05, 0) is 37.0 Å². The molecule has 6 heteroatoms. The van der Waals surface area contributed by atoms with Gasteiger partial charge in [0.25, 0.3) is 0 Å². The quantitative estimate of drug-likeness (QED) is 0.885. The standard InChI is InChI=1S/C13H12ClN3OS/c14-9-2-1-3-10(6-9)16-12(18)17-13-15-7-11(19-13)8-4-5-8/h1-3,6-8H,4-5H2,(H2,15,16,17,18). The predicted octanol–water partition coefficient (Wildman–Crippen LogP) is 4.32. The van der Waals surface area contributed by atoms with Gasteiger partial charge < -0.3 is 5.32 Å². The fourth-order valence-electron chi connectivity index (χ4n) is 1.73. The van der Waals surface area contributed by atoms with Crippen molar-refractivity contribution >= 4 is 39.8 Å². The maximum Gasteiger partial charge on any atom is 0.325 e. The summed E-state index contributed by atoms with van der Waals surface area (Å²) in [5.41, 5.74) is 0.656. The number of aromatic nitrogens is 1. The van der Waals surface area contributed by atoms with Crippen LogP contribution in [0.15, 0.2) is 30.5 Å².